The molecule has 0 saturated heterocycles. The fraction of sp³-hybridized carbons (Fsp3) is 0.286. The number of aliphatic hydroxyl groups is 2. The van der Waals surface area contributed by atoms with E-state index in [9.17, 15) is 19.8 Å². The quantitative estimate of drug-likeness (QED) is 0.495. The van der Waals surface area contributed by atoms with Crippen molar-refractivity contribution in [3.05, 3.63) is 63.4 Å². The summed E-state index contributed by atoms with van der Waals surface area (Å²) in [6, 6.07) is 11.3. The van der Waals surface area contributed by atoms with E-state index in [-0.39, 0.29) is 17.5 Å². The van der Waals surface area contributed by atoms with E-state index in [0.29, 0.717) is 17.9 Å². The Morgan fingerprint density at radius 3 is 2.75 bits per heavy atom. The zero-order valence-corrected chi connectivity index (χ0v) is 15.7. The van der Waals surface area contributed by atoms with Gasteiger partial charge in [-0.05, 0) is 24.6 Å². The van der Waals surface area contributed by atoms with Crippen LogP contribution in [-0.4, -0.2) is 32.7 Å². The monoisotopic (exact) mass is 379 g/mol. The van der Waals surface area contributed by atoms with Gasteiger partial charge in [-0.2, -0.15) is 0 Å². The van der Waals surface area contributed by atoms with Gasteiger partial charge in [0.25, 0.3) is 11.5 Å². The number of carbonyl (C=O) groups is 1. The maximum Gasteiger partial charge on any atom is 0.257 e. The number of aromatic nitrogens is 2. The molecule has 1 aliphatic rings. The predicted molar refractivity (Wildman–Crippen MR) is 105 cm³/mol. The molecule has 0 aliphatic carbocycles. The van der Waals surface area contributed by atoms with Gasteiger partial charge in [0.05, 0.1) is 30.1 Å². The molecule has 1 aliphatic heterocycles. The molecule has 4 rings (SSSR count). The Kier molecular flexibility index (Phi) is 4.28. The van der Waals surface area contributed by atoms with E-state index in [4.69, 9.17) is 4.98 Å². The van der Waals surface area contributed by atoms with Crippen molar-refractivity contribution in [1.29, 1.82) is 0 Å². The summed E-state index contributed by atoms with van der Waals surface area (Å²) in [6.45, 7) is 1.42. The highest BCUT2D eigenvalue weighted by Gasteiger charge is 2.40. The van der Waals surface area contributed by atoms with E-state index >= 15 is 0 Å². The number of para-hydroxylation sites is 1. The number of amides is 1. The second kappa shape index (κ2) is 6.54. The average Bonchev–Trinajstić information content (AvgIpc) is 3.08. The largest absolute Gasteiger partial charge is 0.391 e. The van der Waals surface area contributed by atoms with E-state index in [1.54, 1.807) is 13.0 Å². The van der Waals surface area contributed by atoms with Gasteiger partial charge in [0.2, 0.25) is 0 Å². The SMILES string of the molecule is CCC(O)(C(=O)NC)c1cc2n(c(=O)c1CO)Cc1cc3ccccc3nc1-2. The highest BCUT2D eigenvalue weighted by atomic mass is 16.3. The number of carbonyl (C=O) groups excluding carboxylic acids is 1. The first-order chi connectivity index (χ1) is 13.4. The maximum absolute atomic E-state index is 13.1. The van der Waals surface area contributed by atoms with Crippen molar-refractivity contribution < 1.29 is 15.0 Å². The van der Waals surface area contributed by atoms with Gasteiger partial charge in [0.15, 0.2) is 5.60 Å². The van der Waals surface area contributed by atoms with Gasteiger partial charge in [-0.1, -0.05) is 25.1 Å². The van der Waals surface area contributed by atoms with Crippen LogP contribution in [0.2, 0.25) is 0 Å². The molecule has 1 aromatic carbocycles. The summed E-state index contributed by atoms with van der Waals surface area (Å²) in [5, 5.41) is 24.3. The summed E-state index contributed by atoms with van der Waals surface area (Å²) in [7, 11) is 1.42. The summed E-state index contributed by atoms with van der Waals surface area (Å²) in [5.74, 6) is -0.626. The number of hydrogen-bond donors (Lipinski definition) is 3. The Morgan fingerprint density at radius 1 is 1.32 bits per heavy atom. The number of pyridine rings is 2. The number of benzene rings is 1. The lowest BCUT2D eigenvalue weighted by Crippen LogP contribution is -2.44. The molecule has 0 saturated carbocycles. The molecule has 144 valence electrons. The van der Waals surface area contributed by atoms with E-state index in [1.807, 2.05) is 30.3 Å². The van der Waals surface area contributed by atoms with Crippen LogP contribution in [0.25, 0.3) is 22.3 Å². The third-order valence-corrected chi connectivity index (χ3v) is 5.49. The molecule has 3 aromatic rings. The molecule has 0 spiro atoms. The van der Waals surface area contributed by atoms with E-state index in [0.717, 1.165) is 16.5 Å². The molecule has 1 amide bonds. The van der Waals surface area contributed by atoms with Crippen LogP contribution in [0.15, 0.2) is 41.2 Å². The highest BCUT2D eigenvalue weighted by Crippen LogP contribution is 2.36. The zero-order chi connectivity index (χ0) is 20.1. The van der Waals surface area contributed by atoms with Crippen molar-refractivity contribution in [2.24, 2.45) is 0 Å². The average molecular weight is 379 g/mol. The minimum absolute atomic E-state index is 0.0223. The van der Waals surface area contributed by atoms with Gasteiger partial charge < -0.3 is 20.1 Å². The second-order valence-electron chi connectivity index (χ2n) is 6.95. The summed E-state index contributed by atoms with van der Waals surface area (Å²) in [5.41, 5.74) is 0.675. The minimum Gasteiger partial charge on any atom is -0.391 e. The fourth-order valence-electron chi connectivity index (χ4n) is 3.92. The predicted octanol–water partition coefficient (Wildman–Crippen LogP) is 1.26. The van der Waals surface area contributed by atoms with Crippen LogP contribution in [0.3, 0.4) is 0 Å². The van der Waals surface area contributed by atoms with Gasteiger partial charge in [0, 0.05) is 29.1 Å². The van der Waals surface area contributed by atoms with Crippen LogP contribution in [0.5, 0.6) is 0 Å². The van der Waals surface area contributed by atoms with Crippen molar-refractivity contribution in [1.82, 2.24) is 14.9 Å². The van der Waals surface area contributed by atoms with Gasteiger partial charge in [0.1, 0.15) is 0 Å². The lowest BCUT2D eigenvalue weighted by atomic mass is 9.86. The molecule has 2 aromatic heterocycles. The molecule has 0 fully saturated rings. The Balaban J connectivity index is 2.02. The molecule has 28 heavy (non-hydrogen) atoms. The summed E-state index contributed by atoms with van der Waals surface area (Å²) >= 11 is 0. The van der Waals surface area contributed by atoms with Gasteiger partial charge in [-0.15, -0.1) is 0 Å². The summed E-state index contributed by atoms with van der Waals surface area (Å²) in [4.78, 5) is 30.2. The van der Waals surface area contributed by atoms with Crippen LogP contribution < -0.4 is 10.9 Å². The highest BCUT2D eigenvalue weighted by molar-refractivity contribution is 5.88. The maximum atomic E-state index is 13.1. The Morgan fingerprint density at radius 2 is 2.07 bits per heavy atom. The zero-order valence-electron chi connectivity index (χ0n) is 15.7. The smallest absolute Gasteiger partial charge is 0.257 e. The molecule has 3 N–H and O–H groups in total. The van der Waals surface area contributed by atoms with E-state index in [2.05, 4.69) is 5.32 Å². The number of hydrogen-bond acceptors (Lipinski definition) is 5. The Bertz CT molecular complexity index is 1170. The Labute approximate surface area is 161 Å². The molecular weight excluding hydrogens is 358 g/mol. The molecule has 7 nitrogen and oxygen atoms in total. The summed E-state index contributed by atoms with van der Waals surface area (Å²) < 4.78 is 1.53. The van der Waals surface area contributed by atoms with Crippen molar-refractivity contribution in [3.63, 3.8) is 0 Å². The van der Waals surface area contributed by atoms with Gasteiger partial charge >= 0.3 is 0 Å². The van der Waals surface area contributed by atoms with Crippen LogP contribution in [0.1, 0.15) is 30.0 Å². The second-order valence-corrected chi connectivity index (χ2v) is 6.95. The van der Waals surface area contributed by atoms with Crippen molar-refractivity contribution >= 4 is 16.8 Å². The van der Waals surface area contributed by atoms with Crippen molar-refractivity contribution in [3.8, 4) is 11.4 Å². The first-order valence-corrected chi connectivity index (χ1v) is 9.16. The minimum atomic E-state index is -1.92. The molecule has 0 bridgehead atoms. The Hall–Kier alpha value is -3.03. The van der Waals surface area contributed by atoms with Crippen LogP contribution in [0, 0.1) is 0 Å². The van der Waals surface area contributed by atoms with Crippen LogP contribution in [0.4, 0.5) is 0 Å². The lowest BCUT2D eigenvalue weighted by molar-refractivity contribution is -0.140. The topological polar surface area (TPSA) is 104 Å². The van der Waals surface area contributed by atoms with Crippen LogP contribution in [-0.2, 0) is 23.5 Å². The molecule has 7 heteroatoms. The number of nitrogens with one attached hydrogen (secondary N) is 1. The standard InChI is InChI=1S/C21H21N3O4/c1-3-21(28,20(27)22-2)15-9-17-18-13(10-24(17)19(26)14(15)11-25)8-12-6-4-5-7-16(12)23-18/h4-9,25,28H,3,10-11H2,1-2H3,(H,22,27). The number of likely N-dealkylation sites (N-methyl/N-ethyl adjacent to an activating group) is 1. The fourth-order valence-corrected chi connectivity index (χ4v) is 3.92. The first kappa shape index (κ1) is 18.3. The van der Waals surface area contributed by atoms with Crippen molar-refractivity contribution in [2.75, 3.05) is 7.05 Å². The molecule has 3 heterocycles. The van der Waals surface area contributed by atoms with E-state index < -0.39 is 23.7 Å². The molecule has 1 unspecified atom stereocenters. The summed E-state index contributed by atoms with van der Waals surface area (Å²) in [6.07, 6.45) is 0.0561. The van der Waals surface area contributed by atoms with E-state index in [1.165, 1.54) is 11.6 Å². The number of fused-ring (bicyclic) bond motifs is 4. The number of rotatable bonds is 4. The number of aliphatic hydroxyl groups excluding tert-OH is 1. The first-order valence-electron chi connectivity index (χ1n) is 9.16. The molecular formula is C21H21N3O4. The van der Waals surface area contributed by atoms with Crippen LogP contribution >= 0.6 is 0 Å². The number of nitrogens with zero attached hydrogens (tertiary/aromatic N) is 2. The third-order valence-electron chi connectivity index (χ3n) is 5.49. The molecule has 0 radical (unpaired) electrons. The lowest BCUT2D eigenvalue weighted by Gasteiger charge is -2.27. The van der Waals surface area contributed by atoms with Gasteiger partial charge in [-0.25, -0.2) is 4.98 Å². The normalized spacial score (nSPS) is 14.4. The third kappa shape index (κ3) is 2.47. The molecule has 1 atom stereocenters. The van der Waals surface area contributed by atoms with Crippen molar-refractivity contribution in [2.45, 2.75) is 32.1 Å². The van der Waals surface area contributed by atoms with Gasteiger partial charge in [-0.3, -0.25) is 9.59 Å².